The van der Waals surface area contributed by atoms with Crippen LogP contribution in [0.1, 0.15) is 11.2 Å². The first kappa shape index (κ1) is 16.5. The lowest BCUT2D eigenvalue weighted by Gasteiger charge is -2.24. The molecule has 118 valence electrons. The van der Waals surface area contributed by atoms with E-state index in [4.69, 9.17) is 11.6 Å². The molecule has 0 aliphatic carbocycles. The van der Waals surface area contributed by atoms with E-state index in [9.17, 15) is 9.83 Å². The number of halogens is 1. The van der Waals surface area contributed by atoms with Crippen LogP contribution in [0.25, 0.3) is 0 Å². The van der Waals surface area contributed by atoms with E-state index in [1.165, 1.54) is 0 Å². The van der Waals surface area contributed by atoms with E-state index in [2.05, 4.69) is 6.07 Å². The summed E-state index contributed by atoms with van der Waals surface area (Å²) in [7, 11) is -3.18. The molecule has 3 rings (SSSR count). The summed E-state index contributed by atoms with van der Waals surface area (Å²) in [5.74, 6) is 0. The number of hydrogen-bond donors (Lipinski definition) is 0. The lowest BCUT2D eigenvalue weighted by atomic mass is 10.2. The van der Waals surface area contributed by atoms with Gasteiger partial charge in [-0.25, -0.2) is 0 Å². The molecule has 0 heterocycles. The molecule has 24 heavy (non-hydrogen) atoms. The molecule has 0 fully saturated rings. The van der Waals surface area contributed by atoms with Crippen LogP contribution in [0.3, 0.4) is 0 Å². The minimum absolute atomic E-state index is 0.588. The van der Waals surface area contributed by atoms with Crippen molar-refractivity contribution >= 4 is 29.4 Å². The zero-order valence-corrected chi connectivity index (χ0v) is 14.5. The van der Waals surface area contributed by atoms with E-state index in [-0.39, 0.29) is 0 Å². The van der Waals surface area contributed by atoms with Gasteiger partial charge in [0.15, 0.2) is 7.14 Å². The Morgan fingerprint density at radius 3 is 1.67 bits per heavy atom. The molecule has 0 N–H and O–H groups in total. The van der Waals surface area contributed by atoms with Crippen LogP contribution in [0.2, 0.25) is 5.02 Å². The molecule has 0 radical (unpaired) electrons. The van der Waals surface area contributed by atoms with E-state index in [1.807, 2.05) is 60.7 Å². The van der Waals surface area contributed by atoms with Crippen LogP contribution in [0.5, 0.6) is 0 Å². The molecule has 3 aromatic carbocycles. The SMILES string of the molecule is N#CC(c1ccc(Cl)cc1)P(=O)(c1ccccc1)c1ccccc1. The van der Waals surface area contributed by atoms with Crippen molar-refractivity contribution in [2.45, 2.75) is 5.66 Å². The largest absolute Gasteiger partial charge is 0.312 e. The first-order valence-corrected chi connectivity index (χ1v) is 9.67. The van der Waals surface area contributed by atoms with Gasteiger partial charge in [-0.3, -0.25) is 0 Å². The van der Waals surface area contributed by atoms with Crippen molar-refractivity contribution in [2.75, 3.05) is 0 Å². The third kappa shape index (κ3) is 3.02. The molecule has 1 atom stereocenters. The lowest BCUT2D eigenvalue weighted by Crippen LogP contribution is -2.20. The fourth-order valence-corrected chi connectivity index (χ4v) is 5.76. The molecule has 0 aromatic heterocycles. The molecular formula is C20H15ClNOP. The highest BCUT2D eigenvalue weighted by molar-refractivity contribution is 7.79. The molecule has 1 unspecified atom stereocenters. The Labute approximate surface area is 146 Å². The molecule has 4 heteroatoms. The molecule has 0 saturated carbocycles. The van der Waals surface area contributed by atoms with Crippen LogP contribution in [0.15, 0.2) is 84.9 Å². The fraction of sp³-hybridized carbons (Fsp3) is 0.0500. The monoisotopic (exact) mass is 351 g/mol. The molecule has 0 saturated heterocycles. The average Bonchev–Trinajstić information content (AvgIpc) is 2.65. The zero-order chi connectivity index (χ0) is 17.0. The smallest absolute Gasteiger partial charge is 0.163 e. The topological polar surface area (TPSA) is 40.9 Å². The number of nitriles is 1. The summed E-state index contributed by atoms with van der Waals surface area (Å²) in [6.45, 7) is 0. The summed E-state index contributed by atoms with van der Waals surface area (Å²) >= 11 is 5.96. The Morgan fingerprint density at radius 2 is 1.25 bits per heavy atom. The second-order valence-corrected chi connectivity index (χ2v) is 8.71. The maximum Gasteiger partial charge on any atom is 0.163 e. The van der Waals surface area contributed by atoms with Crippen molar-refractivity contribution in [3.63, 3.8) is 0 Å². The van der Waals surface area contributed by atoms with E-state index >= 15 is 0 Å². The van der Waals surface area contributed by atoms with Crippen molar-refractivity contribution in [1.82, 2.24) is 0 Å². The van der Waals surface area contributed by atoms with Crippen molar-refractivity contribution in [3.05, 3.63) is 95.5 Å². The van der Waals surface area contributed by atoms with Gasteiger partial charge in [0.1, 0.15) is 5.66 Å². The molecular weight excluding hydrogens is 337 g/mol. The first-order chi connectivity index (χ1) is 11.7. The molecule has 0 aliphatic heterocycles. The summed E-state index contributed by atoms with van der Waals surface area (Å²) in [5, 5.41) is 11.8. The minimum Gasteiger partial charge on any atom is -0.312 e. The van der Waals surface area contributed by atoms with Crippen molar-refractivity contribution < 1.29 is 4.57 Å². The van der Waals surface area contributed by atoms with E-state index in [0.29, 0.717) is 21.2 Å². The highest BCUT2D eigenvalue weighted by Crippen LogP contribution is 2.56. The fourth-order valence-electron chi connectivity index (χ4n) is 2.76. The van der Waals surface area contributed by atoms with Gasteiger partial charge >= 0.3 is 0 Å². The van der Waals surface area contributed by atoms with Crippen LogP contribution in [0.4, 0.5) is 0 Å². The van der Waals surface area contributed by atoms with Gasteiger partial charge < -0.3 is 4.57 Å². The van der Waals surface area contributed by atoms with Crippen molar-refractivity contribution in [1.29, 1.82) is 5.26 Å². The Morgan fingerprint density at radius 1 is 0.792 bits per heavy atom. The van der Waals surface area contributed by atoms with Gasteiger partial charge in [-0.15, -0.1) is 0 Å². The summed E-state index contributed by atoms with van der Waals surface area (Å²) in [6, 6.07) is 27.7. The summed E-state index contributed by atoms with van der Waals surface area (Å²) < 4.78 is 14.2. The minimum atomic E-state index is -3.18. The molecule has 3 aromatic rings. The highest BCUT2D eigenvalue weighted by atomic mass is 35.5. The zero-order valence-electron chi connectivity index (χ0n) is 12.8. The van der Waals surface area contributed by atoms with Crippen molar-refractivity contribution in [2.24, 2.45) is 0 Å². The molecule has 0 bridgehead atoms. The summed E-state index contributed by atoms with van der Waals surface area (Å²) in [6.07, 6.45) is 0. The van der Waals surface area contributed by atoms with Gasteiger partial charge in [-0.2, -0.15) is 5.26 Å². The lowest BCUT2D eigenvalue weighted by molar-refractivity contribution is 0.584. The normalized spacial score (nSPS) is 12.3. The second kappa shape index (κ2) is 7.05. The summed E-state index contributed by atoms with van der Waals surface area (Å²) in [4.78, 5) is 0. The molecule has 0 spiro atoms. The Hall–Kier alpha value is -2.33. The van der Waals surface area contributed by atoms with Gasteiger partial charge in [0.2, 0.25) is 0 Å². The maximum atomic E-state index is 14.2. The van der Waals surface area contributed by atoms with E-state index < -0.39 is 12.8 Å². The van der Waals surface area contributed by atoms with Gasteiger partial charge in [-0.05, 0) is 17.7 Å². The van der Waals surface area contributed by atoms with E-state index in [1.54, 1.807) is 24.3 Å². The Bertz CT molecular complexity index is 858. The summed E-state index contributed by atoms with van der Waals surface area (Å²) in [5.41, 5.74) is -0.0579. The van der Waals surface area contributed by atoms with E-state index in [0.717, 1.165) is 0 Å². The van der Waals surface area contributed by atoms with Crippen LogP contribution < -0.4 is 10.6 Å². The maximum absolute atomic E-state index is 14.2. The first-order valence-electron chi connectivity index (χ1n) is 7.52. The van der Waals surface area contributed by atoms with Crippen LogP contribution in [-0.2, 0) is 4.57 Å². The average molecular weight is 352 g/mol. The third-order valence-corrected chi connectivity index (χ3v) is 7.47. The number of nitrogens with zero attached hydrogens (tertiary/aromatic N) is 1. The van der Waals surface area contributed by atoms with Crippen LogP contribution >= 0.6 is 18.7 Å². The second-order valence-electron chi connectivity index (χ2n) is 5.41. The quantitative estimate of drug-likeness (QED) is 0.626. The van der Waals surface area contributed by atoms with Gasteiger partial charge in [-0.1, -0.05) is 84.4 Å². The third-order valence-electron chi connectivity index (χ3n) is 3.95. The van der Waals surface area contributed by atoms with Crippen LogP contribution in [0, 0.1) is 11.3 Å². The predicted octanol–water partition coefficient (Wildman–Crippen LogP) is 4.92. The van der Waals surface area contributed by atoms with Crippen molar-refractivity contribution in [3.8, 4) is 6.07 Å². The number of hydrogen-bond acceptors (Lipinski definition) is 2. The molecule has 0 aliphatic rings. The van der Waals surface area contributed by atoms with Gasteiger partial charge in [0.25, 0.3) is 0 Å². The van der Waals surface area contributed by atoms with Crippen LogP contribution in [-0.4, -0.2) is 0 Å². The Kier molecular flexibility index (Phi) is 4.86. The Balaban J connectivity index is 2.23. The number of benzene rings is 3. The standard InChI is InChI=1S/C20H15ClNOP/c21-17-13-11-16(12-14-17)20(15-22)24(23,18-7-3-1-4-8-18)19-9-5-2-6-10-19/h1-14,20H. The predicted molar refractivity (Wildman–Crippen MR) is 99.6 cm³/mol. The highest BCUT2D eigenvalue weighted by Gasteiger charge is 2.37. The van der Waals surface area contributed by atoms with Gasteiger partial charge in [0, 0.05) is 15.6 Å². The number of rotatable bonds is 4. The molecule has 2 nitrogen and oxygen atoms in total. The van der Waals surface area contributed by atoms with Gasteiger partial charge in [0.05, 0.1) is 6.07 Å². The molecule has 0 amide bonds.